The van der Waals surface area contributed by atoms with Crippen molar-refractivity contribution in [1.29, 1.82) is 0 Å². The quantitative estimate of drug-likeness (QED) is 0.135. The average molecular weight is 533 g/mol. The normalized spacial score (nSPS) is 11.8. The van der Waals surface area contributed by atoms with Crippen LogP contribution >= 0.6 is 7.92 Å². The Hall–Kier alpha value is -4.25. The van der Waals surface area contributed by atoms with Gasteiger partial charge in [0.05, 0.1) is 10.3 Å². The Morgan fingerprint density at radius 3 is 0.575 bits per heavy atom. The zero-order chi connectivity index (χ0) is 27.3. The molecule has 0 aliphatic heterocycles. The van der Waals surface area contributed by atoms with Gasteiger partial charge in [0, 0.05) is 0 Å². The van der Waals surface area contributed by atoms with Crippen molar-refractivity contribution in [3.05, 3.63) is 215 Å². The fourth-order valence-electron chi connectivity index (χ4n) is 6.49. The zero-order valence-electron chi connectivity index (χ0n) is 22.8. The first-order valence-electron chi connectivity index (χ1n) is 13.9. The van der Waals surface area contributed by atoms with Crippen molar-refractivity contribution in [2.45, 2.75) is 10.3 Å². The Morgan fingerprint density at radius 1 is 0.275 bits per heavy atom. The van der Waals surface area contributed by atoms with Gasteiger partial charge in [0.15, 0.2) is 0 Å². The van der Waals surface area contributed by atoms with E-state index in [1.807, 2.05) is 0 Å². The lowest BCUT2D eigenvalue weighted by Gasteiger charge is -2.52. The molecule has 0 amide bonds. The van der Waals surface area contributed by atoms with Crippen molar-refractivity contribution >= 4 is 7.92 Å². The molecule has 194 valence electrons. The van der Waals surface area contributed by atoms with Gasteiger partial charge in [0.1, 0.15) is 0 Å². The van der Waals surface area contributed by atoms with Crippen molar-refractivity contribution in [3.63, 3.8) is 0 Å². The monoisotopic (exact) mass is 532 g/mol. The molecule has 0 atom stereocenters. The summed E-state index contributed by atoms with van der Waals surface area (Å²) >= 11 is 0. The molecule has 0 aromatic heterocycles. The molecule has 0 heterocycles. The summed E-state index contributed by atoms with van der Waals surface area (Å²) in [6.07, 6.45) is 0. The van der Waals surface area contributed by atoms with E-state index in [-0.39, 0.29) is 0 Å². The minimum Gasteiger partial charge on any atom is -0.0691 e. The van der Waals surface area contributed by atoms with Crippen LogP contribution in [0.2, 0.25) is 0 Å². The van der Waals surface area contributed by atoms with E-state index < -0.39 is 18.2 Å². The molecular weight excluding hydrogens is 499 g/mol. The Bertz CT molecular complexity index is 1290. The van der Waals surface area contributed by atoms with E-state index in [0.717, 1.165) is 0 Å². The Labute approximate surface area is 239 Å². The van der Waals surface area contributed by atoms with Gasteiger partial charge in [0.25, 0.3) is 0 Å². The molecule has 6 aromatic rings. The average Bonchev–Trinajstić information content (AvgIpc) is 3.05. The van der Waals surface area contributed by atoms with Gasteiger partial charge in [-0.3, -0.25) is 0 Å². The van der Waals surface area contributed by atoms with E-state index >= 15 is 0 Å². The summed E-state index contributed by atoms with van der Waals surface area (Å²) in [5, 5.41) is -0.804. The minimum atomic E-state index is -0.934. The minimum absolute atomic E-state index is 0.402. The largest absolute Gasteiger partial charge is 0.0691 e. The molecule has 0 radical (unpaired) electrons. The SMILES string of the molecule is CP(C(c1ccccc1)(c1ccccc1)c1ccccc1)C(c1ccccc1)(c1ccccc1)c1ccccc1. The molecular formula is C39H33P. The fourth-order valence-corrected chi connectivity index (χ4v) is 10.2. The lowest BCUT2D eigenvalue weighted by molar-refractivity contribution is 0.800. The van der Waals surface area contributed by atoms with Crippen LogP contribution in [0.15, 0.2) is 182 Å². The zero-order valence-corrected chi connectivity index (χ0v) is 23.7. The lowest BCUT2D eigenvalue weighted by atomic mass is 9.82. The van der Waals surface area contributed by atoms with E-state index in [9.17, 15) is 0 Å². The molecule has 0 fully saturated rings. The van der Waals surface area contributed by atoms with Crippen molar-refractivity contribution in [1.82, 2.24) is 0 Å². The van der Waals surface area contributed by atoms with Gasteiger partial charge >= 0.3 is 0 Å². The second kappa shape index (κ2) is 11.5. The Morgan fingerprint density at radius 2 is 0.425 bits per heavy atom. The fraction of sp³-hybridized carbons (Fsp3) is 0.0769. The van der Waals surface area contributed by atoms with Gasteiger partial charge in [-0.2, -0.15) is 0 Å². The van der Waals surface area contributed by atoms with Crippen molar-refractivity contribution in [2.75, 3.05) is 6.66 Å². The van der Waals surface area contributed by atoms with Gasteiger partial charge < -0.3 is 0 Å². The van der Waals surface area contributed by atoms with E-state index in [2.05, 4.69) is 189 Å². The number of rotatable bonds is 8. The third-order valence-electron chi connectivity index (χ3n) is 8.16. The third-order valence-corrected chi connectivity index (χ3v) is 11.7. The number of hydrogen-bond acceptors (Lipinski definition) is 0. The summed E-state index contributed by atoms with van der Waals surface area (Å²) in [7, 11) is -0.934. The molecule has 6 aromatic carbocycles. The molecule has 0 spiro atoms. The van der Waals surface area contributed by atoms with Crippen LogP contribution in [0, 0.1) is 0 Å². The Kier molecular flexibility index (Phi) is 7.45. The predicted octanol–water partition coefficient (Wildman–Crippen LogP) is 10.1. The molecule has 0 nitrogen and oxygen atoms in total. The predicted molar refractivity (Wildman–Crippen MR) is 171 cm³/mol. The summed E-state index contributed by atoms with van der Waals surface area (Å²) in [5.74, 6) is 0. The Balaban J connectivity index is 1.81. The van der Waals surface area contributed by atoms with E-state index in [0.29, 0.717) is 0 Å². The van der Waals surface area contributed by atoms with Gasteiger partial charge in [-0.1, -0.05) is 190 Å². The summed E-state index contributed by atoms with van der Waals surface area (Å²) in [6, 6.07) is 66.9. The van der Waals surface area contributed by atoms with Crippen LogP contribution in [0.3, 0.4) is 0 Å². The first-order chi connectivity index (χ1) is 19.8. The van der Waals surface area contributed by atoms with Gasteiger partial charge in [0.2, 0.25) is 0 Å². The topological polar surface area (TPSA) is 0 Å². The molecule has 40 heavy (non-hydrogen) atoms. The second-order valence-corrected chi connectivity index (χ2v) is 12.6. The van der Waals surface area contributed by atoms with Crippen LogP contribution in [0.25, 0.3) is 0 Å². The third kappa shape index (κ3) is 4.30. The maximum atomic E-state index is 2.52. The van der Waals surface area contributed by atoms with Crippen molar-refractivity contribution in [2.24, 2.45) is 0 Å². The number of benzene rings is 6. The lowest BCUT2D eigenvalue weighted by Crippen LogP contribution is -2.38. The maximum absolute atomic E-state index is 2.52. The summed E-state index contributed by atoms with van der Waals surface area (Å²) < 4.78 is 0. The standard InChI is InChI=1S/C39H33P/c1-40(38(32-20-8-2-9-21-32,33-22-10-3-11-23-33)34-24-12-4-13-25-34)39(35-26-14-5-15-27-35,36-28-16-6-17-29-36)37-30-18-7-19-31-37/h2-31H,1H3. The smallest absolute Gasteiger partial charge is 0.0660 e. The molecule has 0 saturated carbocycles. The van der Waals surface area contributed by atoms with Gasteiger partial charge in [-0.15, -0.1) is 0 Å². The highest BCUT2D eigenvalue weighted by Gasteiger charge is 2.53. The molecule has 0 bridgehead atoms. The van der Waals surface area contributed by atoms with Crippen molar-refractivity contribution < 1.29 is 0 Å². The molecule has 0 unspecified atom stereocenters. The van der Waals surface area contributed by atoms with Gasteiger partial charge in [-0.25, -0.2) is 0 Å². The molecule has 0 saturated heterocycles. The first-order valence-corrected chi connectivity index (χ1v) is 15.6. The second-order valence-electron chi connectivity index (χ2n) is 10.2. The van der Waals surface area contributed by atoms with Crippen LogP contribution in [0.4, 0.5) is 0 Å². The molecule has 0 aliphatic carbocycles. The van der Waals surface area contributed by atoms with Crippen LogP contribution in [-0.4, -0.2) is 6.66 Å². The highest BCUT2D eigenvalue weighted by atomic mass is 31.1. The highest BCUT2D eigenvalue weighted by molar-refractivity contribution is 7.60. The van der Waals surface area contributed by atoms with E-state index in [4.69, 9.17) is 0 Å². The van der Waals surface area contributed by atoms with Crippen LogP contribution in [0.1, 0.15) is 33.4 Å². The van der Waals surface area contributed by atoms with Crippen LogP contribution in [0.5, 0.6) is 0 Å². The molecule has 1 heteroatoms. The molecule has 6 rings (SSSR count). The first kappa shape index (κ1) is 26.0. The van der Waals surface area contributed by atoms with E-state index in [1.165, 1.54) is 33.4 Å². The van der Waals surface area contributed by atoms with Crippen LogP contribution in [-0.2, 0) is 10.3 Å². The summed E-state index contributed by atoms with van der Waals surface area (Å²) in [5.41, 5.74) is 7.88. The summed E-state index contributed by atoms with van der Waals surface area (Å²) in [4.78, 5) is 0. The summed E-state index contributed by atoms with van der Waals surface area (Å²) in [6.45, 7) is 2.52. The van der Waals surface area contributed by atoms with Crippen LogP contribution < -0.4 is 0 Å². The molecule has 0 aliphatic rings. The molecule has 0 N–H and O–H groups in total. The maximum Gasteiger partial charge on any atom is 0.0660 e. The van der Waals surface area contributed by atoms with Gasteiger partial charge in [-0.05, 0) is 40.0 Å². The van der Waals surface area contributed by atoms with E-state index in [1.54, 1.807) is 0 Å². The highest BCUT2D eigenvalue weighted by Crippen LogP contribution is 2.74. The number of hydrogen-bond donors (Lipinski definition) is 0. The van der Waals surface area contributed by atoms with Crippen molar-refractivity contribution in [3.8, 4) is 0 Å².